The van der Waals surface area contributed by atoms with Crippen LogP contribution in [0.3, 0.4) is 0 Å². The van der Waals surface area contributed by atoms with Gasteiger partial charge in [0.25, 0.3) is 0 Å². The molecule has 1 aliphatic rings. The molecule has 1 atom stereocenters. The zero-order chi connectivity index (χ0) is 14.8. The Morgan fingerprint density at radius 2 is 2.45 bits per heavy atom. The molecule has 1 N–H and O–H groups in total. The Morgan fingerprint density at radius 3 is 3.00 bits per heavy atom. The number of carboxylic acid groups (broad SMARTS) is 1. The van der Waals surface area contributed by atoms with Crippen molar-refractivity contribution in [2.45, 2.75) is 32.6 Å². The lowest BCUT2D eigenvalue weighted by Gasteiger charge is -2.39. The summed E-state index contributed by atoms with van der Waals surface area (Å²) in [5.41, 5.74) is -0.756. The van der Waals surface area contributed by atoms with Gasteiger partial charge in [-0.25, -0.2) is 4.98 Å². The van der Waals surface area contributed by atoms with E-state index in [1.807, 2.05) is 11.8 Å². The van der Waals surface area contributed by atoms with Crippen LogP contribution < -0.4 is 4.90 Å². The highest BCUT2D eigenvalue weighted by Gasteiger charge is 2.42. The van der Waals surface area contributed by atoms with Crippen molar-refractivity contribution in [1.82, 2.24) is 4.98 Å². The Kier molecular flexibility index (Phi) is 4.22. The van der Waals surface area contributed by atoms with Crippen LogP contribution in [0.15, 0.2) is 6.20 Å². The van der Waals surface area contributed by atoms with Crippen LogP contribution in [0.1, 0.15) is 32.6 Å². The second-order valence-corrected chi connectivity index (χ2v) is 6.09. The van der Waals surface area contributed by atoms with Crippen LogP contribution in [-0.4, -0.2) is 34.1 Å². The van der Waals surface area contributed by atoms with E-state index in [0.717, 1.165) is 24.2 Å². The van der Waals surface area contributed by atoms with Gasteiger partial charge in [0.05, 0.1) is 10.3 Å². The summed E-state index contributed by atoms with van der Waals surface area (Å²) in [5.74, 6) is -0.782. The van der Waals surface area contributed by atoms with Crippen molar-refractivity contribution >= 4 is 27.4 Å². The van der Waals surface area contributed by atoms with Crippen LogP contribution >= 0.6 is 11.3 Å². The van der Waals surface area contributed by atoms with E-state index in [1.54, 1.807) is 0 Å². The van der Waals surface area contributed by atoms with E-state index in [1.165, 1.54) is 6.20 Å². The molecule has 1 unspecified atom stereocenters. The molecule has 0 bridgehead atoms. The molecule has 20 heavy (non-hydrogen) atoms. The first-order chi connectivity index (χ1) is 9.48. The Bertz CT molecular complexity index is 515. The molecule has 2 heterocycles. The number of hydrogen-bond acceptors (Lipinski definition) is 6. The van der Waals surface area contributed by atoms with Crippen molar-refractivity contribution in [1.29, 1.82) is 0 Å². The first kappa shape index (κ1) is 14.7. The molecule has 0 aromatic carbocycles. The zero-order valence-electron chi connectivity index (χ0n) is 11.2. The van der Waals surface area contributed by atoms with Gasteiger partial charge in [0.2, 0.25) is 0 Å². The van der Waals surface area contributed by atoms with Gasteiger partial charge in [-0.3, -0.25) is 14.9 Å². The van der Waals surface area contributed by atoms with Crippen molar-refractivity contribution < 1.29 is 14.8 Å². The molecule has 1 fully saturated rings. The van der Waals surface area contributed by atoms with Crippen LogP contribution in [0.2, 0.25) is 0 Å². The van der Waals surface area contributed by atoms with Crippen molar-refractivity contribution in [3.8, 4) is 0 Å². The molecule has 0 spiro atoms. The molecule has 2 rings (SSSR count). The van der Waals surface area contributed by atoms with E-state index in [9.17, 15) is 20.0 Å². The number of aliphatic carboxylic acids is 1. The summed E-state index contributed by atoms with van der Waals surface area (Å²) in [6, 6.07) is 0. The molecule has 0 saturated carbocycles. The van der Waals surface area contributed by atoms with Gasteiger partial charge >= 0.3 is 11.0 Å². The fourth-order valence-electron chi connectivity index (χ4n) is 2.75. The summed E-state index contributed by atoms with van der Waals surface area (Å²) in [7, 11) is 0. The number of nitro groups is 1. The predicted octanol–water partition coefficient (Wildman–Crippen LogP) is 2.52. The number of carboxylic acids is 1. The topological polar surface area (TPSA) is 96.6 Å². The fourth-order valence-corrected chi connectivity index (χ4v) is 3.50. The second kappa shape index (κ2) is 5.74. The molecule has 1 aromatic rings. The average molecular weight is 299 g/mol. The van der Waals surface area contributed by atoms with Gasteiger partial charge in [0, 0.05) is 13.1 Å². The number of rotatable bonds is 5. The molecule has 1 aliphatic heterocycles. The van der Waals surface area contributed by atoms with Crippen LogP contribution in [-0.2, 0) is 4.79 Å². The first-order valence-electron chi connectivity index (χ1n) is 6.57. The summed E-state index contributed by atoms with van der Waals surface area (Å²) < 4.78 is 0. The maximum atomic E-state index is 11.6. The smallest absolute Gasteiger partial charge is 0.345 e. The number of nitrogens with zero attached hydrogens (tertiary/aromatic N) is 3. The molecular formula is C12H17N3O4S. The summed E-state index contributed by atoms with van der Waals surface area (Å²) in [4.78, 5) is 27.8. The molecule has 8 heteroatoms. The van der Waals surface area contributed by atoms with Gasteiger partial charge in [-0.05, 0) is 30.6 Å². The minimum Gasteiger partial charge on any atom is -0.481 e. The summed E-state index contributed by atoms with van der Waals surface area (Å²) in [5, 5.41) is 20.8. The van der Waals surface area contributed by atoms with Gasteiger partial charge in [0.1, 0.15) is 6.20 Å². The van der Waals surface area contributed by atoms with Gasteiger partial charge in [-0.15, -0.1) is 0 Å². The summed E-state index contributed by atoms with van der Waals surface area (Å²) in [6.07, 6.45) is 4.07. The van der Waals surface area contributed by atoms with Crippen LogP contribution in [0.5, 0.6) is 0 Å². The van der Waals surface area contributed by atoms with Gasteiger partial charge in [-0.2, -0.15) is 0 Å². The zero-order valence-corrected chi connectivity index (χ0v) is 12.1. The molecule has 7 nitrogen and oxygen atoms in total. The minimum absolute atomic E-state index is 0.0120. The van der Waals surface area contributed by atoms with Crippen molar-refractivity contribution in [2.24, 2.45) is 5.41 Å². The van der Waals surface area contributed by atoms with Crippen LogP contribution in [0.25, 0.3) is 0 Å². The van der Waals surface area contributed by atoms with E-state index in [0.29, 0.717) is 31.1 Å². The largest absolute Gasteiger partial charge is 0.481 e. The maximum absolute atomic E-state index is 11.6. The monoisotopic (exact) mass is 299 g/mol. The molecule has 1 aromatic heterocycles. The first-order valence-corrected chi connectivity index (χ1v) is 7.39. The minimum atomic E-state index is -0.782. The standard InChI is InChI=1S/C12H17N3O4S/c1-2-4-12(10(16)17)5-3-6-14(8-12)11-13-7-9(20-11)15(18)19/h7H,2-6,8H2,1H3,(H,16,17). The third-order valence-corrected chi connectivity index (χ3v) is 4.70. The number of anilines is 1. The van der Waals surface area contributed by atoms with Gasteiger partial charge < -0.3 is 10.0 Å². The van der Waals surface area contributed by atoms with E-state index < -0.39 is 16.3 Å². The highest BCUT2D eigenvalue weighted by Crippen LogP contribution is 2.38. The number of thiazole rings is 1. The molecular weight excluding hydrogens is 282 g/mol. The molecule has 110 valence electrons. The number of piperidine rings is 1. The van der Waals surface area contributed by atoms with Crippen molar-refractivity contribution in [3.63, 3.8) is 0 Å². The Labute approximate surface area is 120 Å². The van der Waals surface area contributed by atoms with Crippen LogP contribution in [0.4, 0.5) is 10.1 Å². The highest BCUT2D eigenvalue weighted by atomic mass is 32.1. The van der Waals surface area contributed by atoms with E-state index in [-0.39, 0.29) is 5.00 Å². The van der Waals surface area contributed by atoms with Crippen LogP contribution in [0, 0.1) is 15.5 Å². The second-order valence-electron chi connectivity index (χ2n) is 5.10. The Hall–Kier alpha value is -1.70. The molecule has 1 saturated heterocycles. The van der Waals surface area contributed by atoms with Gasteiger partial charge in [-0.1, -0.05) is 13.3 Å². The number of carbonyl (C=O) groups is 1. The predicted molar refractivity (Wildman–Crippen MR) is 75.2 cm³/mol. The third-order valence-electron chi connectivity index (χ3n) is 3.69. The summed E-state index contributed by atoms with van der Waals surface area (Å²) in [6.45, 7) is 3.04. The average Bonchev–Trinajstić information content (AvgIpc) is 2.89. The fraction of sp³-hybridized carbons (Fsp3) is 0.667. The van der Waals surface area contributed by atoms with Crippen molar-refractivity contribution in [2.75, 3.05) is 18.0 Å². The normalized spacial score (nSPS) is 22.8. The SMILES string of the molecule is CCCC1(C(=O)O)CCCN(c2ncc([N+](=O)[O-])s2)C1. The van der Waals surface area contributed by atoms with E-state index in [4.69, 9.17) is 0 Å². The van der Waals surface area contributed by atoms with Gasteiger partial charge in [0.15, 0.2) is 5.13 Å². The lowest BCUT2D eigenvalue weighted by Crippen LogP contribution is -2.47. The van der Waals surface area contributed by atoms with E-state index >= 15 is 0 Å². The lowest BCUT2D eigenvalue weighted by molar-refractivity contribution is -0.380. The molecule has 0 radical (unpaired) electrons. The highest BCUT2D eigenvalue weighted by molar-refractivity contribution is 7.18. The van der Waals surface area contributed by atoms with E-state index in [2.05, 4.69) is 4.98 Å². The number of aromatic nitrogens is 1. The Balaban J connectivity index is 2.20. The maximum Gasteiger partial charge on any atom is 0.345 e. The van der Waals surface area contributed by atoms with Crippen molar-refractivity contribution in [3.05, 3.63) is 16.3 Å². The number of hydrogen-bond donors (Lipinski definition) is 1. The molecule has 0 aliphatic carbocycles. The molecule has 0 amide bonds. The summed E-state index contributed by atoms with van der Waals surface area (Å²) >= 11 is 1.00. The quantitative estimate of drug-likeness (QED) is 0.663. The lowest BCUT2D eigenvalue weighted by atomic mass is 9.76. The third kappa shape index (κ3) is 2.74. The Morgan fingerprint density at radius 1 is 1.70 bits per heavy atom.